The van der Waals surface area contributed by atoms with Crippen molar-refractivity contribution in [1.29, 1.82) is 0 Å². The van der Waals surface area contributed by atoms with E-state index in [4.69, 9.17) is 5.11 Å². The van der Waals surface area contributed by atoms with Gasteiger partial charge >= 0.3 is 0 Å². The molecule has 0 saturated heterocycles. The molecule has 0 aliphatic carbocycles. The summed E-state index contributed by atoms with van der Waals surface area (Å²) in [4.78, 5) is 4.33. The van der Waals surface area contributed by atoms with Crippen molar-refractivity contribution >= 4 is 0 Å². The average molecular weight is 222 g/mol. The smallest absolute Gasteiger partial charge is 0.0431 e. The summed E-state index contributed by atoms with van der Waals surface area (Å²) in [6, 6.07) is 2.18. The van der Waals surface area contributed by atoms with Gasteiger partial charge < -0.3 is 10.4 Å². The first-order valence-corrected chi connectivity index (χ1v) is 5.97. The van der Waals surface area contributed by atoms with Crippen molar-refractivity contribution in [3.8, 4) is 0 Å². The van der Waals surface area contributed by atoms with E-state index < -0.39 is 0 Å². The van der Waals surface area contributed by atoms with Gasteiger partial charge in [0, 0.05) is 25.0 Å². The largest absolute Gasteiger partial charge is 0.396 e. The van der Waals surface area contributed by atoms with Gasteiger partial charge in [-0.25, -0.2) is 0 Å². The molecule has 2 N–H and O–H groups in total. The van der Waals surface area contributed by atoms with Gasteiger partial charge in [-0.15, -0.1) is 0 Å². The minimum absolute atomic E-state index is 0.307. The Labute approximate surface area is 97.9 Å². The third-order valence-electron chi connectivity index (χ3n) is 2.74. The van der Waals surface area contributed by atoms with Gasteiger partial charge in [0.15, 0.2) is 0 Å². The molecule has 0 aliphatic rings. The minimum Gasteiger partial charge on any atom is -0.396 e. The molecule has 3 nitrogen and oxygen atoms in total. The summed E-state index contributed by atoms with van der Waals surface area (Å²) in [6.07, 6.45) is 5.06. The molecule has 0 saturated carbocycles. The van der Waals surface area contributed by atoms with Crippen LogP contribution in [0.3, 0.4) is 0 Å². The first-order chi connectivity index (χ1) is 7.74. The number of rotatable bonds is 7. The highest BCUT2D eigenvalue weighted by Crippen LogP contribution is 2.06. The summed E-state index contributed by atoms with van der Waals surface area (Å²) in [6.45, 7) is 6.32. The zero-order chi connectivity index (χ0) is 11.8. The Morgan fingerprint density at radius 2 is 2.06 bits per heavy atom. The number of pyridine rings is 1. The van der Waals surface area contributed by atoms with E-state index in [1.165, 1.54) is 11.1 Å². The Kier molecular flexibility index (Phi) is 6.04. The van der Waals surface area contributed by atoms with Crippen LogP contribution >= 0.6 is 0 Å². The Balaban J connectivity index is 2.19. The number of aliphatic hydroxyl groups excluding tert-OH is 1. The second-order valence-corrected chi connectivity index (χ2v) is 4.21. The molecule has 0 spiro atoms. The maximum absolute atomic E-state index is 8.63. The molecular formula is C13H22N2O. The van der Waals surface area contributed by atoms with Crippen LogP contribution in [0.4, 0.5) is 0 Å². The van der Waals surface area contributed by atoms with E-state index in [2.05, 4.69) is 23.3 Å². The summed E-state index contributed by atoms with van der Waals surface area (Å²) in [5.74, 6) is 0. The standard InChI is InChI=1S/C13H22N2O/c1-11-8-13(10-15-12(11)2)9-14-6-4-3-5-7-16/h8,10,14,16H,3-7,9H2,1-2H3. The Bertz CT molecular complexity index is 313. The second kappa shape index (κ2) is 7.36. The van der Waals surface area contributed by atoms with Crippen molar-refractivity contribution in [1.82, 2.24) is 10.3 Å². The zero-order valence-electron chi connectivity index (χ0n) is 10.3. The molecule has 16 heavy (non-hydrogen) atoms. The predicted octanol–water partition coefficient (Wildman–Crippen LogP) is 1.95. The number of hydrogen-bond acceptors (Lipinski definition) is 3. The van der Waals surface area contributed by atoms with E-state index in [9.17, 15) is 0 Å². The van der Waals surface area contributed by atoms with Gasteiger partial charge in [0.05, 0.1) is 0 Å². The second-order valence-electron chi connectivity index (χ2n) is 4.21. The highest BCUT2D eigenvalue weighted by Gasteiger charge is 1.97. The van der Waals surface area contributed by atoms with Gasteiger partial charge in [-0.3, -0.25) is 4.98 Å². The van der Waals surface area contributed by atoms with E-state index in [1.807, 2.05) is 13.1 Å². The average Bonchev–Trinajstić information content (AvgIpc) is 2.28. The molecule has 1 aromatic rings. The summed E-state index contributed by atoms with van der Waals surface area (Å²) in [5, 5.41) is 12.0. The van der Waals surface area contributed by atoms with Crippen LogP contribution in [0.25, 0.3) is 0 Å². The van der Waals surface area contributed by atoms with Crippen molar-refractivity contribution in [2.75, 3.05) is 13.2 Å². The maximum Gasteiger partial charge on any atom is 0.0431 e. The summed E-state index contributed by atoms with van der Waals surface area (Å²) in [5.41, 5.74) is 3.59. The molecule has 0 amide bonds. The fourth-order valence-corrected chi connectivity index (χ4v) is 1.57. The van der Waals surface area contributed by atoms with Crippen molar-refractivity contribution in [2.45, 2.75) is 39.7 Å². The van der Waals surface area contributed by atoms with Gasteiger partial charge in [-0.2, -0.15) is 0 Å². The first-order valence-electron chi connectivity index (χ1n) is 5.97. The lowest BCUT2D eigenvalue weighted by Crippen LogP contribution is -2.15. The van der Waals surface area contributed by atoms with Crippen LogP contribution in [-0.4, -0.2) is 23.2 Å². The molecule has 0 atom stereocenters. The molecule has 0 unspecified atom stereocenters. The fourth-order valence-electron chi connectivity index (χ4n) is 1.57. The van der Waals surface area contributed by atoms with Crippen LogP contribution in [0.2, 0.25) is 0 Å². The Hall–Kier alpha value is -0.930. The van der Waals surface area contributed by atoms with Crippen LogP contribution < -0.4 is 5.32 Å². The summed E-state index contributed by atoms with van der Waals surface area (Å²) >= 11 is 0. The minimum atomic E-state index is 0.307. The molecule has 0 fully saturated rings. The number of nitrogens with zero attached hydrogens (tertiary/aromatic N) is 1. The zero-order valence-corrected chi connectivity index (χ0v) is 10.3. The molecule has 1 aromatic heterocycles. The maximum atomic E-state index is 8.63. The van der Waals surface area contributed by atoms with Gasteiger partial charge in [-0.1, -0.05) is 6.07 Å². The normalized spacial score (nSPS) is 10.7. The molecule has 0 bridgehead atoms. The molecule has 0 aliphatic heterocycles. The van der Waals surface area contributed by atoms with E-state index in [-0.39, 0.29) is 0 Å². The molecule has 1 heterocycles. The van der Waals surface area contributed by atoms with Crippen LogP contribution in [0, 0.1) is 13.8 Å². The highest BCUT2D eigenvalue weighted by atomic mass is 16.2. The number of aromatic nitrogens is 1. The van der Waals surface area contributed by atoms with Crippen molar-refractivity contribution in [3.63, 3.8) is 0 Å². The first kappa shape index (κ1) is 13.1. The van der Waals surface area contributed by atoms with E-state index in [1.54, 1.807) is 0 Å². The highest BCUT2D eigenvalue weighted by molar-refractivity contribution is 5.22. The van der Waals surface area contributed by atoms with Gasteiger partial charge in [0.25, 0.3) is 0 Å². The van der Waals surface area contributed by atoms with Gasteiger partial charge in [0.2, 0.25) is 0 Å². The lowest BCUT2D eigenvalue weighted by Gasteiger charge is -2.06. The third kappa shape index (κ3) is 4.73. The van der Waals surface area contributed by atoms with Crippen LogP contribution in [-0.2, 0) is 6.54 Å². The molecule has 0 aromatic carbocycles. The van der Waals surface area contributed by atoms with E-state index >= 15 is 0 Å². The number of nitrogens with one attached hydrogen (secondary N) is 1. The molecule has 3 heteroatoms. The number of hydrogen-bond donors (Lipinski definition) is 2. The third-order valence-corrected chi connectivity index (χ3v) is 2.74. The Morgan fingerprint density at radius 3 is 2.75 bits per heavy atom. The van der Waals surface area contributed by atoms with Gasteiger partial charge in [0.1, 0.15) is 0 Å². The fraction of sp³-hybridized carbons (Fsp3) is 0.615. The predicted molar refractivity (Wildman–Crippen MR) is 66.4 cm³/mol. The lowest BCUT2D eigenvalue weighted by atomic mass is 10.1. The van der Waals surface area contributed by atoms with Crippen molar-refractivity contribution in [3.05, 3.63) is 29.1 Å². The lowest BCUT2D eigenvalue weighted by molar-refractivity contribution is 0.283. The van der Waals surface area contributed by atoms with Crippen LogP contribution in [0.5, 0.6) is 0 Å². The SMILES string of the molecule is Cc1cc(CNCCCCCO)cnc1C. The van der Waals surface area contributed by atoms with E-state index in [0.29, 0.717) is 6.61 Å². The van der Waals surface area contributed by atoms with Crippen molar-refractivity contribution in [2.24, 2.45) is 0 Å². The summed E-state index contributed by atoms with van der Waals surface area (Å²) < 4.78 is 0. The topological polar surface area (TPSA) is 45.1 Å². The molecule has 1 rings (SSSR count). The molecular weight excluding hydrogens is 200 g/mol. The van der Waals surface area contributed by atoms with E-state index in [0.717, 1.165) is 38.0 Å². The molecule has 0 radical (unpaired) electrons. The Morgan fingerprint density at radius 1 is 1.25 bits per heavy atom. The molecule has 90 valence electrons. The number of aliphatic hydroxyl groups is 1. The monoisotopic (exact) mass is 222 g/mol. The van der Waals surface area contributed by atoms with Crippen molar-refractivity contribution < 1.29 is 5.11 Å². The number of unbranched alkanes of at least 4 members (excludes halogenated alkanes) is 2. The van der Waals surface area contributed by atoms with Crippen LogP contribution in [0.1, 0.15) is 36.1 Å². The quantitative estimate of drug-likeness (QED) is 0.693. The van der Waals surface area contributed by atoms with Gasteiger partial charge in [-0.05, 0) is 50.8 Å². The van der Waals surface area contributed by atoms with Crippen LogP contribution in [0.15, 0.2) is 12.3 Å². The number of aryl methyl sites for hydroxylation is 2. The summed E-state index contributed by atoms with van der Waals surface area (Å²) in [7, 11) is 0.